The minimum absolute atomic E-state index is 0.152. The number of carbonyl (C=O) groups is 1. The molecule has 15 heavy (non-hydrogen) atoms. The monoisotopic (exact) mass is 206 g/mol. The molecule has 0 amide bonds. The fourth-order valence-corrected chi connectivity index (χ4v) is 3.76. The maximum atomic E-state index is 11.8. The van der Waals surface area contributed by atoms with Crippen molar-refractivity contribution in [1.82, 2.24) is 0 Å². The first-order chi connectivity index (χ1) is 6.87. The molecule has 0 saturated heterocycles. The summed E-state index contributed by atoms with van der Waals surface area (Å²) in [4.78, 5) is 11.8. The Hall–Kier alpha value is -0.590. The highest BCUT2D eigenvalue weighted by molar-refractivity contribution is 5.99. The first-order valence-electron chi connectivity index (χ1n) is 6.10. The summed E-state index contributed by atoms with van der Waals surface area (Å²) in [6.07, 6.45) is 5.62. The van der Waals surface area contributed by atoms with Crippen molar-refractivity contribution in [2.45, 2.75) is 52.9 Å². The molecular formula is C14H22O. The molecule has 1 nitrogen and oxygen atoms in total. The lowest BCUT2D eigenvalue weighted by Crippen LogP contribution is -2.36. The van der Waals surface area contributed by atoms with Crippen molar-refractivity contribution in [2.24, 2.45) is 16.7 Å². The van der Waals surface area contributed by atoms with E-state index in [9.17, 15) is 4.79 Å². The third kappa shape index (κ3) is 1.56. The van der Waals surface area contributed by atoms with E-state index in [-0.39, 0.29) is 5.41 Å². The normalized spacial score (nSPS) is 40.1. The molecule has 2 aliphatic rings. The zero-order chi connectivity index (χ0) is 11.3. The van der Waals surface area contributed by atoms with Gasteiger partial charge in [-0.2, -0.15) is 0 Å². The van der Waals surface area contributed by atoms with Crippen molar-refractivity contribution in [3.63, 3.8) is 0 Å². The molecule has 0 heterocycles. The van der Waals surface area contributed by atoms with Gasteiger partial charge in [0.25, 0.3) is 0 Å². The maximum absolute atomic E-state index is 11.8. The van der Waals surface area contributed by atoms with Crippen molar-refractivity contribution < 1.29 is 4.79 Å². The molecule has 2 saturated carbocycles. The average molecular weight is 206 g/mol. The molecule has 0 radical (unpaired) electrons. The number of allylic oxidation sites excluding steroid dienone is 1. The van der Waals surface area contributed by atoms with E-state index in [1.54, 1.807) is 0 Å². The van der Waals surface area contributed by atoms with Crippen LogP contribution in [0.25, 0.3) is 0 Å². The summed E-state index contributed by atoms with van der Waals surface area (Å²) in [5, 5.41) is 0. The second kappa shape index (κ2) is 3.20. The number of rotatable bonds is 0. The molecule has 1 spiro atoms. The highest BCUT2D eigenvalue weighted by Crippen LogP contribution is 2.58. The Kier molecular flexibility index (Phi) is 2.33. The van der Waals surface area contributed by atoms with E-state index >= 15 is 0 Å². The van der Waals surface area contributed by atoms with E-state index < -0.39 is 0 Å². The number of hydrogen-bond acceptors (Lipinski definition) is 1. The quantitative estimate of drug-likeness (QED) is 0.552. The van der Waals surface area contributed by atoms with Gasteiger partial charge in [0, 0.05) is 11.8 Å². The van der Waals surface area contributed by atoms with Crippen LogP contribution >= 0.6 is 0 Å². The van der Waals surface area contributed by atoms with Crippen LogP contribution in [0.3, 0.4) is 0 Å². The van der Waals surface area contributed by atoms with Gasteiger partial charge in [-0.25, -0.2) is 0 Å². The van der Waals surface area contributed by atoms with Crippen LogP contribution in [-0.4, -0.2) is 5.78 Å². The molecule has 0 unspecified atom stereocenters. The second-order valence-corrected chi connectivity index (χ2v) is 6.36. The van der Waals surface area contributed by atoms with Gasteiger partial charge < -0.3 is 0 Å². The maximum Gasteiger partial charge on any atom is 0.159 e. The molecule has 0 aromatic carbocycles. The van der Waals surface area contributed by atoms with E-state index in [1.807, 2.05) is 0 Å². The third-order valence-corrected chi connectivity index (χ3v) is 4.64. The molecular weight excluding hydrogens is 184 g/mol. The fraction of sp³-hybridized carbons (Fsp3) is 0.786. The van der Waals surface area contributed by atoms with Crippen molar-refractivity contribution >= 4 is 5.78 Å². The molecule has 84 valence electrons. The molecule has 2 fully saturated rings. The van der Waals surface area contributed by atoms with Gasteiger partial charge in [-0.3, -0.25) is 4.79 Å². The lowest BCUT2D eigenvalue weighted by Gasteiger charge is -2.45. The standard InChI is InChI=1S/C14H22O/c1-10-8-12(15)11(2)14(10)7-5-6-13(3,4)9-14/h10H,2,5-9H2,1,3-4H3/t10-,14-/m0/s1. The molecule has 0 aromatic rings. The summed E-state index contributed by atoms with van der Waals surface area (Å²) in [7, 11) is 0. The SMILES string of the molecule is C=C1C(=O)C[C@H](C)[C@@]12CCCC(C)(C)C2. The predicted octanol–water partition coefficient (Wildman–Crippen LogP) is 3.74. The van der Waals surface area contributed by atoms with Crippen LogP contribution < -0.4 is 0 Å². The summed E-state index contributed by atoms with van der Waals surface area (Å²) in [6, 6.07) is 0. The Bertz CT molecular complexity index is 313. The van der Waals surface area contributed by atoms with Crippen molar-refractivity contribution in [3.8, 4) is 0 Å². The lowest BCUT2D eigenvalue weighted by molar-refractivity contribution is -0.114. The summed E-state index contributed by atoms with van der Waals surface area (Å²) >= 11 is 0. The van der Waals surface area contributed by atoms with Crippen LogP contribution in [0, 0.1) is 16.7 Å². The van der Waals surface area contributed by atoms with Gasteiger partial charge in [0.1, 0.15) is 0 Å². The smallest absolute Gasteiger partial charge is 0.159 e. The van der Waals surface area contributed by atoms with Gasteiger partial charge in [0.05, 0.1) is 0 Å². The third-order valence-electron chi connectivity index (χ3n) is 4.64. The molecule has 2 atom stereocenters. The van der Waals surface area contributed by atoms with Crippen molar-refractivity contribution in [2.75, 3.05) is 0 Å². The van der Waals surface area contributed by atoms with Crippen molar-refractivity contribution in [1.29, 1.82) is 0 Å². The second-order valence-electron chi connectivity index (χ2n) is 6.36. The van der Waals surface area contributed by atoms with Gasteiger partial charge in [0.15, 0.2) is 5.78 Å². The Morgan fingerprint density at radius 2 is 2.00 bits per heavy atom. The zero-order valence-electron chi connectivity index (χ0n) is 10.2. The molecule has 2 aliphatic carbocycles. The fourth-order valence-electron chi connectivity index (χ4n) is 3.76. The zero-order valence-corrected chi connectivity index (χ0v) is 10.2. The Morgan fingerprint density at radius 3 is 2.47 bits per heavy atom. The van der Waals surface area contributed by atoms with E-state index in [0.29, 0.717) is 17.1 Å². The molecule has 0 bridgehead atoms. The van der Waals surface area contributed by atoms with Crippen LogP contribution in [0.1, 0.15) is 52.9 Å². The van der Waals surface area contributed by atoms with Crippen molar-refractivity contribution in [3.05, 3.63) is 12.2 Å². The largest absolute Gasteiger partial charge is 0.295 e. The molecule has 0 N–H and O–H groups in total. The number of carbonyl (C=O) groups excluding carboxylic acids is 1. The summed E-state index contributed by atoms with van der Waals surface area (Å²) in [5.41, 5.74) is 1.47. The molecule has 0 aliphatic heterocycles. The van der Waals surface area contributed by atoms with E-state index in [2.05, 4.69) is 27.4 Å². The average Bonchev–Trinajstić information content (AvgIpc) is 2.30. The number of ketones is 1. The van der Waals surface area contributed by atoms with Crippen LogP contribution in [0.5, 0.6) is 0 Å². The van der Waals surface area contributed by atoms with Crippen LogP contribution in [0.2, 0.25) is 0 Å². The van der Waals surface area contributed by atoms with Crippen LogP contribution in [0.4, 0.5) is 0 Å². The lowest BCUT2D eigenvalue weighted by atomic mass is 9.58. The van der Waals surface area contributed by atoms with E-state index in [1.165, 1.54) is 19.3 Å². The topological polar surface area (TPSA) is 17.1 Å². The van der Waals surface area contributed by atoms with Gasteiger partial charge in [-0.1, -0.05) is 33.8 Å². The number of hydrogen-bond donors (Lipinski definition) is 0. The highest BCUT2D eigenvalue weighted by atomic mass is 16.1. The summed E-state index contributed by atoms with van der Waals surface area (Å²) in [5.74, 6) is 0.831. The van der Waals surface area contributed by atoms with Crippen LogP contribution in [0.15, 0.2) is 12.2 Å². The molecule has 1 heteroatoms. The predicted molar refractivity (Wildman–Crippen MR) is 62.6 cm³/mol. The van der Waals surface area contributed by atoms with Gasteiger partial charge in [0.2, 0.25) is 0 Å². The van der Waals surface area contributed by atoms with E-state index in [4.69, 9.17) is 0 Å². The van der Waals surface area contributed by atoms with Crippen LogP contribution in [-0.2, 0) is 4.79 Å². The summed E-state index contributed by atoms with van der Waals surface area (Å²) < 4.78 is 0. The Balaban J connectivity index is 2.33. The minimum Gasteiger partial charge on any atom is -0.295 e. The Labute approximate surface area is 92.9 Å². The first-order valence-corrected chi connectivity index (χ1v) is 6.10. The molecule has 2 rings (SSSR count). The van der Waals surface area contributed by atoms with Gasteiger partial charge in [-0.05, 0) is 36.2 Å². The molecule has 0 aromatic heterocycles. The van der Waals surface area contributed by atoms with Gasteiger partial charge in [-0.15, -0.1) is 0 Å². The van der Waals surface area contributed by atoms with E-state index in [0.717, 1.165) is 18.4 Å². The number of Topliss-reactive ketones (excluding diaryl/α,β-unsaturated/α-hetero) is 1. The summed E-state index contributed by atoms with van der Waals surface area (Å²) in [6.45, 7) is 11.0. The van der Waals surface area contributed by atoms with Gasteiger partial charge >= 0.3 is 0 Å². The Morgan fingerprint density at radius 1 is 1.33 bits per heavy atom. The highest BCUT2D eigenvalue weighted by Gasteiger charge is 2.51. The minimum atomic E-state index is 0.152. The first kappa shape index (κ1) is 10.9.